The van der Waals surface area contributed by atoms with Gasteiger partial charge in [0.1, 0.15) is 6.61 Å². The molecule has 0 heterocycles. The molecule has 232 valence electrons. The molecule has 0 bridgehead atoms. The summed E-state index contributed by atoms with van der Waals surface area (Å²) >= 11 is 0. The van der Waals surface area contributed by atoms with Crippen molar-refractivity contribution in [3.8, 4) is 0 Å². The Hall–Kier alpha value is -2.87. The smallest absolute Gasteiger partial charge is 0.244 e. The van der Waals surface area contributed by atoms with Gasteiger partial charge in [-0.15, -0.1) is 0 Å². The molecule has 0 saturated heterocycles. The van der Waals surface area contributed by atoms with Gasteiger partial charge in [-0.05, 0) is 30.7 Å². The molecule has 0 aliphatic rings. The summed E-state index contributed by atoms with van der Waals surface area (Å²) in [6.45, 7) is 21.0. The van der Waals surface area contributed by atoms with Crippen molar-refractivity contribution in [2.24, 2.45) is 17.8 Å². The minimum Gasteiger partial charge on any atom is -0.494 e. The van der Waals surface area contributed by atoms with Gasteiger partial charge in [0.05, 0.1) is 12.3 Å². The van der Waals surface area contributed by atoms with Crippen LogP contribution in [0.2, 0.25) is 0 Å². The lowest BCUT2D eigenvalue weighted by molar-refractivity contribution is -0.135. The summed E-state index contributed by atoms with van der Waals surface area (Å²) in [6.07, 6.45) is 7.19. The van der Waals surface area contributed by atoms with Crippen LogP contribution in [-0.4, -0.2) is 36.5 Å². The number of hydrogen-bond acceptors (Lipinski definition) is 5. The molecule has 0 aliphatic heterocycles. The summed E-state index contributed by atoms with van der Waals surface area (Å²) in [5.74, 6) is 0.0488. The molecule has 0 fully saturated rings. The summed E-state index contributed by atoms with van der Waals surface area (Å²) in [5.41, 5.74) is 2.68. The van der Waals surface area contributed by atoms with Crippen LogP contribution in [0.1, 0.15) is 106 Å². The second-order valence-corrected chi connectivity index (χ2v) is 10.5. The van der Waals surface area contributed by atoms with E-state index in [0.29, 0.717) is 13.0 Å². The summed E-state index contributed by atoms with van der Waals surface area (Å²) in [6, 6.07) is 10.0. The zero-order chi connectivity index (χ0) is 31.3. The molecular formula is C32H59N3O5. The molecule has 0 spiro atoms. The van der Waals surface area contributed by atoms with Crippen LogP contribution in [0.15, 0.2) is 42.7 Å². The first-order valence-electron chi connectivity index (χ1n) is 14.6. The number of hydroxylamine groups is 1. The molecule has 8 nitrogen and oxygen atoms in total. The highest BCUT2D eigenvalue weighted by Crippen LogP contribution is 2.15. The Morgan fingerprint density at radius 3 is 1.88 bits per heavy atom. The second kappa shape index (κ2) is 29.1. The molecule has 0 saturated carbocycles. The van der Waals surface area contributed by atoms with E-state index < -0.39 is 11.8 Å². The number of amides is 3. The number of rotatable bonds is 14. The number of carbonyl (C=O) groups excluding carboxylic acids is 3. The SMILES string of the molecule is C=C(C)OCc1ccccc1.CCCC.CCCCC(C)C.CNC(=O)CNC(=O)[C@@H](CC(=O)NO)CC(C)C. The highest BCUT2D eigenvalue weighted by molar-refractivity contribution is 5.88. The van der Waals surface area contributed by atoms with Gasteiger partial charge in [-0.25, -0.2) is 5.48 Å². The molecular weight excluding hydrogens is 506 g/mol. The Kier molecular flexibility index (Phi) is 30.3. The first-order valence-corrected chi connectivity index (χ1v) is 14.6. The number of likely N-dealkylation sites (N-methyl/N-ethyl adjacent to an activating group) is 1. The van der Waals surface area contributed by atoms with Gasteiger partial charge in [0.25, 0.3) is 0 Å². The van der Waals surface area contributed by atoms with Crippen molar-refractivity contribution < 1.29 is 24.3 Å². The number of allylic oxidation sites excluding steroid dienone is 1. The molecule has 1 rings (SSSR count). The predicted molar refractivity (Wildman–Crippen MR) is 166 cm³/mol. The lowest BCUT2D eigenvalue weighted by Gasteiger charge is -2.17. The quantitative estimate of drug-likeness (QED) is 0.113. The van der Waals surface area contributed by atoms with Crippen molar-refractivity contribution in [1.82, 2.24) is 16.1 Å². The van der Waals surface area contributed by atoms with Crippen LogP contribution in [0.25, 0.3) is 0 Å². The third-order valence-corrected chi connectivity index (χ3v) is 5.35. The maximum Gasteiger partial charge on any atom is 0.244 e. The molecule has 1 aromatic rings. The average Bonchev–Trinajstić information content (AvgIpc) is 2.94. The topological polar surface area (TPSA) is 117 Å². The summed E-state index contributed by atoms with van der Waals surface area (Å²) in [7, 11) is 1.47. The molecule has 4 N–H and O–H groups in total. The lowest BCUT2D eigenvalue weighted by atomic mass is 9.93. The van der Waals surface area contributed by atoms with Gasteiger partial charge in [-0.3, -0.25) is 19.6 Å². The Balaban J connectivity index is -0.000000524. The van der Waals surface area contributed by atoms with Gasteiger partial charge in [-0.2, -0.15) is 0 Å². The van der Waals surface area contributed by atoms with Crippen LogP contribution in [0.4, 0.5) is 0 Å². The van der Waals surface area contributed by atoms with Crippen LogP contribution in [0, 0.1) is 17.8 Å². The van der Waals surface area contributed by atoms with E-state index in [-0.39, 0.29) is 30.7 Å². The standard InChI is InChI=1S/C11H21N3O4.C10H12O.C7H16.C4H10/c1-7(2)4-8(5-9(15)14-18)11(17)13-6-10(16)12-3;1-9(2)11-8-10-6-4-3-5-7-10;1-4-5-6-7(2)3;1-3-4-2/h7-8,18H,4-6H2,1-3H3,(H,12,16)(H,13,17)(H,14,15);3-7H,1,8H2,2H3;7H,4-6H2,1-3H3;3-4H2,1-2H3/t8-;;;/m1.../s1. The predicted octanol–water partition coefficient (Wildman–Crippen LogP) is 6.78. The van der Waals surface area contributed by atoms with Crippen molar-refractivity contribution >= 4 is 17.7 Å². The Bertz CT molecular complexity index is 765. The second-order valence-electron chi connectivity index (χ2n) is 10.5. The third kappa shape index (κ3) is 31.3. The minimum absolute atomic E-state index is 0.103. The van der Waals surface area contributed by atoms with Crippen LogP contribution >= 0.6 is 0 Å². The number of nitrogens with one attached hydrogen (secondary N) is 3. The highest BCUT2D eigenvalue weighted by atomic mass is 16.5. The van der Waals surface area contributed by atoms with Gasteiger partial charge in [0, 0.05) is 19.4 Å². The number of unbranched alkanes of at least 4 members (excludes halogenated alkanes) is 2. The number of ether oxygens (including phenoxy) is 1. The summed E-state index contributed by atoms with van der Waals surface area (Å²) in [5, 5.41) is 13.3. The van der Waals surface area contributed by atoms with E-state index in [9.17, 15) is 14.4 Å². The minimum atomic E-state index is -0.615. The van der Waals surface area contributed by atoms with Crippen LogP contribution < -0.4 is 16.1 Å². The van der Waals surface area contributed by atoms with Crippen molar-refractivity contribution in [3.05, 3.63) is 48.2 Å². The summed E-state index contributed by atoms with van der Waals surface area (Å²) < 4.78 is 5.23. The molecule has 0 unspecified atom stereocenters. The molecule has 1 aromatic carbocycles. The van der Waals surface area contributed by atoms with E-state index in [0.717, 1.165) is 11.7 Å². The Morgan fingerprint density at radius 1 is 0.925 bits per heavy atom. The third-order valence-electron chi connectivity index (χ3n) is 5.35. The average molecular weight is 566 g/mol. The van der Waals surface area contributed by atoms with Gasteiger partial charge in [0.15, 0.2) is 0 Å². The fourth-order valence-electron chi connectivity index (χ4n) is 2.91. The van der Waals surface area contributed by atoms with Crippen LogP contribution in [0.5, 0.6) is 0 Å². The fraction of sp³-hybridized carbons (Fsp3) is 0.656. The molecule has 0 aromatic heterocycles. The monoisotopic (exact) mass is 565 g/mol. The van der Waals surface area contributed by atoms with E-state index in [1.165, 1.54) is 50.2 Å². The van der Waals surface area contributed by atoms with Gasteiger partial charge in [-0.1, -0.05) is 117 Å². The van der Waals surface area contributed by atoms with Gasteiger partial charge >= 0.3 is 0 Å². The molecule has 0 radical (unpaired) electrons. The van der Waals surface area contributed by atoms with E-state index >= 15 is 0 Å². The zero-order valence-corrected chi connectivity index (χ0v) is 26.8. The molecule has 8 heteroatoms. The number of hydrogen-bond donors (Lipinski definition) is 4. The number of benzene rings is 1. The lowest BCUT2D eigenvalue weighted by Crippen LogP contribution is -2.40. The first kappa shape index (κ1) is 41.6. The van der Waals surface area contributed by atoms with E-state index in [4.69, 9.17) is 9.94 Å². The first-order chi connectivity index (χ1) is 18.9. The van der Waals surface area contributed by atoms with Crippen LogP contribution in [-0.2, 0) is 25.7 Å². The molecule has 0 aliphatic carbocycles. The number of carbonyl (C=O) groups is 3. The normalized spacial score (nSPS) is 10.4. The molecule has 3 amide bonds. The Labute approximate surface area is 244 Å². The van der Waals surface area contributed by atoms with Crippen molar-refractivity contribution in [2.45, 2.75) is 107 Å². The van der Waals surface area contributed by atoms with E-state index in [1.807, 2.05) is 51.1 Å². The largest absolute Gasteiger partial charge is 0.494 e. The zero-order valence-electron chi connectivity index (χ0n) is 26.8. The van der Waals surface area contributed by atoms with E-state index in [2.05, 4.69) is 51.8 Å². The maximum absolute atomic E-state index is 11.8. The Morgan fingerprint density at radius 2 is 1.50 bits per heavy atom. The summed E-state index contributed by atoms with van der Waals surface area (Å²) in [4.78, 5) is 33.9. The van der Waals surface area contributed by atoms with Crippen LogP contribution in [0.3, 0.4) is 0 Å². The van der Waals surface area contributed by atoms with Gasteiger partial charge in [0.2, 0.25) is 17.7 Å². The van der Waals surface area contributed by atoms with Crippen molar-refractivity contribution in [1.29, 1.82) is 0 Å². The fourth-order valence-corrected chi connectivity index (χ4v) is 2.91. The maximum atomic E-state index is 11.8. The van der Waals surface area contributed by atoms with E-state index in [1.54, 1.807) is 0 Å². The highest BCUT2D eigenvalue weighted by Gasteiger charge is 2.23. The van der Waals surface area contributed by atoms with Gasteiger partial charge < -0.3 is 15.4 Å². The van der Waals surface area contributed by atoms with Crippen molar-refractivity contribution in [3.63, 3.8) is 0 Å². The van der Waals surface area contributed by atoms with Crippen molar-refractivity contribution in [2.75, 3.05) is 13.6 Å². The molecule has 1 atom stereocenters. The molecule has 40 heavy (non-hydrogen) atoms.